The molecule has 2 N–H and O–H groups in total. The molecular weight excluding hydrogens is 314 g/mol. The van der Waals surface area contributed by atoms with E-state index in [-0.39, 0.29) is 6.04 Å². The zero-order chi connectivity index (χ0) is 14.1. The van der Waals surface area contributed by atoms with E-state index in [1.165, 1.54) is 37.7 Å². The maximum atomic E-state index is 6.42. The molecule has 0 saturated heterocycles. The lowest BCUT2D eigenvalue weighted by molar-refractivity contribution is 0.293. The summed E-state index contributed by atoms with van der Waals surface area (Å²) in [5.74, 6) is 3.81. The first-order valence-electron chi connectivity index (χ1n) is 7.73. The Kier molecular flexibility index (Phi) is 4.37. The molecule has 20 heavy (non-hydrogen) atoms. The third kappa shape index (κ3) is 3.04. The number of methoxy groups -OCH3 is 1. The third-order valence-electron chi connectivity index (χ3n) is 5.21. The number of fused-ring (bicyclic) bond motifs is 2. The number of nitrogens with two attached hydrogens (primary N) is 1. The van der Waals surface area contributed by atoms with Crippen molar-refractivity contribution in [1.82, 2.24) is 0 Å². The second kappa shape index (κ2) is 6.07. The average molecular weight is 338 g/mol. The predicted molar refractivity (Wildman–Crippen MR) is 85.9 cm³/mol. The molecule has 0 amide bonds. The van der Waals surface area contributed by atoms with Gasteiger partial charge in [0.2, 0.25) is 0 Å². The molecule has 2 aliphatic rings. The van der Waals surface area contributed by atoms with Crippen molar-refractivity contribution in [2.24, 2.45) is 23.5 Å². The number of hydrogen-bond acceptors (Lipinski definition) is 2. The molecule has 0 heterocycles. The lowest BCUT2D eigenvalue weighted by Gasteiger charge is -2.25. The van der Waals surface area contributed by atoms with Crippen molar-refractivity contribution >= 4 is 15.9 Å². The van der Waals surface area contributed by atoms with Crippen LogP contribution in [0.25, 0.3) is 0 Å². The van der Waals surface area contributed by atoms with Crippen LogP contribution in [0.1, 0.15) is 37.7 Å². The molecule has 4 unspecified atom stereocenters. The van der Waals surface area contributed by atoms with E-state index >= 15 is 0 Å². The third-order valence-corrected chi connectivity index (χ3v) is 5.71. The molecular formula is C17H24BrNO. The van der Waals surface area contributed by atoms with Gasteiger partial charge in [-0.1, -0.05) is 22.4 Å². The quantitative estimate of drug-likeness (QED) is 0.875. The molecule has 4 atom stereocenters. The Morgan fingerprint density at radius 3 is 2.85 bits per heavy atom. The van der Waals surface area contributed by atoms with E-state index in [9.17, 15) is 0 Å². The van der Waals surface area contributed by atoms with E-state index in [0.717, 1.165) is 34.4 Å². The molecule has 3 rings (SSSR count). The SMILES string of the molecule is COc1ccc(Br)cc1CC(N)CC1CC2CCC1C2. The van der Waals surface area contributed by atoms with E-state index < -0.39 is 0 Å². The van der Waals surface area contributed by atoms with Crippen LogP contribution in [0.2, 0.25) is 0 Å². The maximum Gasteiger partial charge on any atom is 0.122 e. The van der Waals surface area contributed by atoms with Crippen LogP contribution >= 0.6 is 15.9 Å². The van der Waals surface area contributed by atoms with E-state index in [4.69, 9.17) is 10.5 Å². The monoisotopic (exact) mass is 337 g/mol. The van der Waals surface area contributed by atoms with Crippen molar-refractivity contribution in [1.29, 1.82) is 0 Å². The first-order chi connectivity index (χ1) is 9.65. The molecule has 110 valence electrons. The van der Waals surface area contributed by atoms with Gasteiger partial charge in [-0.15, -0.1) is 0 Å². The summed E-state index contributed by atoms with van der Waals surface area (Å²) in [7, 11) is 1.73. The summed E-state index contributed by atoms with van der Waals surface area (Å²) in [6, 6.07) is 6.43. The summed E-state index contributed by atoms with van der Waals surface area (Å²) in [5, 5.41) is 0. The lowest BCUT2D eigenvalue weighted by Crippen LogP contribution is -2.28. The summed E-state index contributed by atoms with van der Waals surface area (Å²) < 4.78 is 6.54. The highest BCUT2D eigenvalue weighted by molar-refractivity contribution is 9.10. The highest BCUT2D eigenvalue weighted by Gasteiger charge is 2.39. The summed E-state index contributed by atoms with van der Waals surface area (Å²) in [6.45, 7) is 0. The smallest absolute Gasteiger partial charge is 0.122 e. The molecule has 0 aliphatic heterocycles. The van der Waals surface area contributed by atoms with Crippen molar-refractivity contribution in [2.45, 2.75) is 44.6 Å². The number of halogens is 1. The van der Waals surface area contributed by atoms with Crippen LogP contribution in [-0.4, -0.2) is 13.2 Å². The Labute approximate surface area is 130 Å². The van der Waals surface area contributed by atoms with Gasteiger partial charge in [0.1, 0.15) is 5.75 Å². The first-order valence-corrected chi connectivity index (χ1v) is 8.53. The van der Waals surface area contributed by atoms with Crippen LogP contribution in [0.15, 0.2) is 22.7 Å². The lowest BCUT2D eigenvalue weighted by atomic mass is 9.83. The van der Waals surface area contributed by atoms with Crippen LogP contribution in [-0.2, 0) is 6.42 Å². The Balaban J connectivity index is 1.61. The predicted octanol–water partition coefficient (Wildman–Crippen LogP) is 4.15. The van der Waals surface area contributed by atoms with Crippen LogP contribution in [0.3, 0.4) is 0 Å². The molecule has 3 heteroatoms. The number of rotatable bonds is 5. The molecule has 2 bridgehead atoms. The second-order valence-electron chi connectivity index (χ2n) is 6.59. The van der Waals surface area contributed by atoms with Gasteiger partial charge in [-0.05, 0) is 73.6 Å². The minimum atomic E-state index is 0.252. The van der Waals surface area contributed by atoms with Gasteiger partial charge < -0.3 is 10.5 Å². The molecule has 0 radical (unpaired) electrons. The molecule has 1 aromatic rings. The average Bonchev–Trinajstić information content (AvgIpc) is 3.01. The normalized spacial score (nSPS) is 29.6. The minimum Gasteiger partial charge on any atom is -0.496 e. The van der Waals surface area contributed by atoms with Crippen LogP contribution in [0.4, 0.5) is 0 Å². The minimum absolute atomic E-state index is 0.252. The summed E-state index contributed by atoms with van der Waals surface area (Å²) in [5.41, 5.74) is 7.64. The molecule has 0 spiro atoms. The molecule has 1 aromatic carbocycles. The fraction of sp³-hybridized carbons (Fsp3) is 0.647. The molecule has 2 nitrogen and oxygen atoms in total. The number of benzene rings is 1. The Morgan fingerprint density at radius 2 is 2.20 bits per heavy atom. The first kappa shape index (κ1) is 14.4. The van der Waals surface area contributed by atoms with E-state index in [1.807, 2.05) is 12.1 Å². The standard InChI is InChI=1S/C17H24BrNO/c1-20-17-5-4-15(18)8-14(17)10-16(19)9-13-7-11-2-3-12(13)6-11/h4-5,8,11-13,16H,2-3,6-7,9-10,19H2,1H3. The van der Waals surface area contributed by atoms with Crippen LogP contribution < -0.4 is 10.5 Å². The highest BCUT2D eigenvalue weighted by Crippen LogP contribution is 2.49. The van der Waals surface area contributed by atoms with Gasteiger partial charge in [-0.25, -0.2) is 0 Å². The fourth-order valence-corrected chi connectivity index (χ4v) is 4.73. The Bertz CT molecular complexity index is 476. The zero-order valence-corrected chi connectivity index (χ0v) is 13.7. The zero-order valence-electron chi connectivity index (χ0n) is 12.1. The molecule has 0 aromatic heterocycles. The van der Waals surface area contributed by atoms with Gasteiger partial charge in [-0.2, -0.15) is 0 Å². The van der Waals surface area contributed by atoms with Gasteiger partial charge in [0.05, 0.1) is 7.11 Å². The fourth-order valence-electron chi connectivity index (χ4n) is 4.33. The van der Waals surface area contributed by atoms with Gasteiger partial charge in [0.15, 0.2) is 0 Å². The van der Waals surface area contributed by atoms with Crippen molar-refractivity contribution in [3.05, 3.63) is 28.2 Å². The second-order valence-corrected chi connectivity index (χ2v) is 7.51. The molecule has 2 saturated carbocycles. The van der Waals surface area contributed by atoms with E-state index in [1.54, 1.807) is 7.11 Å². The largest absolute Gasteiger partial charge is 0.496 e. The maximum absolute atomic E-state index is 6.42. The summed E-state index contributed by atoms with van der Waals surface area (Å²) in [4.78, 5) is 0. The van der Waals surface area contributed by atoms with Crippen LogP contribution in [0, 0.1) is 17.8 Å². The Hall–Kier alpha value is -0.540. The summed E-state index contributed by atoms with van der Waals surface area (Å²) >= 11 is 3.53. The van der Waals surface area contributed by atoms with Crippen molar-refractivity contribution in [2.75, 3.05) is 7.11 Å². The topological polar surface area (TPSA) is 35.2 Å². The van der Waals surface area contributed by atoms with Crippen molar-refractivity contribution in [3.63, 3.8) is 0 Å². The van der Waals surface area contributed by atoms with Gasteiger partial charge in [-0.3, -0.25) is 0 Å². The molecule has 2 aliphatic carbocycles. The van der Waals surface area contributed by atoms with Crippen molar-refractivity contribution in [3.8, 4) is 5.75 Å². The van der Waals surface area contributed by atoms with Gasteiger partial charge in [0, 0.05) is 10.5 Å². The van der Waals surface area contributed by atoms with E-state index in [2.05, 4.69) is 22.0 Å². The van der Waals surface area contributed by atoms with Crippen LogP contribution in [0.5, 0.6) is 5.75 Å². The summed E-state index contributed by atoms with van der Waals surface area (Å²) in [6.07, 6.45) is 7.90. The van der Waals surface area contributed by atoms with Gasteiger partial charge in [0.25, 0.3) is 0 Å². The van der Waals surface area contributed by atoms with Crippen molar-refractivity contribution < 1.29 is 4.74 Å². The Morgan fingerprint density at radius 1 is 1.35 bits per heavy atom. The highest BCUT2D eigenvalue weighted by atomic mass is 79.9. The van der Waals surface area contributed by atoms with Gasteiger partial charge >= 0.3 is 0 Å². The van der Waals surface area contributed by atoms with E-state index in [0.29, 0.717) is 0 Å². The number of hydrogen-bond donors (Lipinski definition) is 1. The molecule has 2 fully saturated rings. The number of ether oxygens (including phenoxy) is 1.